The maximum atomic E-state index is 13.9. The van der Waals surface area contributed by atoms with Crippen LogP contribution in [0.5, 0.6) is 0 Å². The van der Waals surface area contributed by atoms with Gasteiger partial charge in [-0.1, -0.05) is 13.8 Å². The molecule has 214 valence electrons. The minimum atomic E-state index is -1.04. The molecule has 1 saturated heterocycles. The number of benzene rings is 2. The number of nitrogens with one attached hydrogen (secondary N) is 2. The van der Waals surface area contributed by atoms with Crippen molar-refractivity contribution in [2.24, 2.45) is 0 Å². The quantitative estimate of drug-likeness (QED) is 0.334. The van der Waals surface area contributed by atoms with Gasteiger partial charge >= 0.3 is 0 Å². The van der Waals surface area contributed by atoms with Gasteiger partial charge in [0.05, 0.1) is 18.2 Å². The Labute approximate surface area is 229 Å². The lowest BCUT2D eigenvalue weighted by atomic mass is 9.99. The molecule has 1 aliphatic rings. The first-order valence-corrected chi connectivity index (χ1v) is 13.9. The smallest absolute Gasteiger partial charge is 0.253 e. The molecule has 3 rings (SSSR count). The van der Waals surface area contributed by atoms with Crippen molar-refractivity contribution in [3.63, 3.8) is 0 Å². The second-order valence-corrected chi connectivity index (χ2v) is 10.3. The molecule has 0 aliphatic carbocycles. The molecule has 2 aromatic carbocycles. The van der Waals surface area contributed by atoms with Crippen LogP contribution in [0.1, 0.15) is 71.4 Å². The zero-order valence-corrected chi connectivity index (χ0v) is 23.1. The van der Waals surface area contributed by atoms with Gasteiger partial charge in [0.15, 0.2) is 0 Å². The Balaban J connectivity index is 1.78. The molecule has 7 nitrogen and oxygen atoms in total. The number of aliphatic hydroxyl groups excluding tert-OH is 1. The molecule has 2 amide bonds. The van der Waals surface area contributed by atoms with Crippen LogP contribution in [0, 0.1) is 18.6 Å². The molecular formula is C30H41F2N3O4. The van der Waals surface area contributed by atoms with E-state index in [-0.39, 0.29) is 30.5 Å². The predicted octanol–water partition coefficient (Wildman–Crippen LogP) is 4.01. The highest BCUT2D eigenvalue weighted by Gasteiger charge is 2.25. The van der Waals surface area contributed by atoms with Crippen molar-refractivity contribution in [3.05, 3.63) is 70.3 Å². The Morgan fingerprint density at radius 3 is 2.33 bits per heavy atom. The lowest BCUT2D eigenvalue weighted by molar-refractivity contribution is 0.0755. The summed E-state index contributed by atoms with van der Waals surface area (Å²) in [5.74, 6) is -2.08. The van der Waals surface area contributed by atoms with E-state index < -0.39 is 29.7 Å². The summed E-state index contributed by atoms with van der Waals surface area (Å²) in [6.45, 7) is 8.51. The Hall–Kier alpha value is -2.88. The van der Waals surface area contributed by atoms with Crippen LogP contribution in [0.2, 0.25) is 0 Å². The largest absolute Gasteiger partial charge is 0.390 e. The zero-order chi connectivity index (χ0) is 28.4. The number of aryl methyl sites for hydroxylation is 1. The number of aliphatic hydroxyl groups is 1. The van der Waals surface area contributed by atoms with E-state index in [0.29, 0.717) is 37.4 Å². The maximum Gasteiger partial charge on any atom is 0.253 e. The third kappa shape index (κ3) is 9.37. The molecular weight excluding hydrogens is 504 g/mol. The third-order valence-electron chi connectivity index (χ3n) is 6.77. The summed E-state index contributed by atoms with van der Waals surface area (Å²) in [5, 5.41) is 17.0. The number of rotatable bonds is 14. The Morgan fingerprint density at radius 1 is 1.05 bits per heavy atom. The highest BCUT2D eigenvalue weighted by atomic mass is 19.1. The van der Waals surface area contributed by atoms with Crippen molar-refractivity contribution in [1.82, 2.24) is 15.5 Å². The minimum absolute atomic E-state index is 0.0155. The van der Waals surface area contributed by atoms with Crippen molar-refractivity contribution in [2.45, 2.75) is 71.1 Å². The normalized spacial score (nSPS) is 16.6. The van der Waals surface area contributed by atoms with E-state index in [1.807, 2.05) is 20.8 Å². The molecule has 0 spiro atoms. The lowest BCUT2D eigenvalue weighted by Crippen LogP contribution is -2.49. The van der Waals surface area contributed by atoms with Crippen molar-refractivity contribution < 1.29 is 28.2 Å². The summed E-state index contributed by atoms with van der Waals surface area (Å²) in [6, 6.07) is 7.31. The van der Waals surface area contributed by atoms with E-state index >= 15 is 0 Å². The second kappa shape index (κ2) is 15.1. The molecule has 1 unspecified atom stereocenters. The molecule has 1 fully saturated rings. The van der Waals surface area contributed by atoms with E-state index in [1.54, 1.807) is 23.1 Å². The van der Waals surface area contributed by atoms with Gasteiger partial charge < -0.3 is 25.4 Å². The second-order valence-electron chi connectivity index (χ2n) is 10.3. The molecule has 1 aliphatic heterocycles. The summed E-state index contributed by atoms with van der Waals surface area (Å²) >= 11 is 0. The number of hydrogen-bond acceptors (Lipinski definition) is 5. The number of halogens is 2. The van der Waals surface area contributed by atoms with Crippen LogP contribution in [0.4, 0.5) is 8.78 Å². The number of amides is 2. The van der Waals surface area contributed by atoms with Gasteiger partial charge in [-0.25, -0.2) is 8.78 Å². The average molecular weight is 546 g/mol. The zero-order valence-electron chi connectivity index (χ0n) is 23.1. The van der Waals surface area contributed by atoms with Crippen LogP contribution >= 0.6 is 0 Å². The Kier molecular flexibility index (Phi) is 11.8. The fraction of sp³-hybridized carbons (Fsp3) is 0.533. The van der Waals surface area contributed by atoms with Gasteiger partial charge in [0.1, 0.15) is 11.6 Å². The minimum Gasteiger partial charge on any atom is -0.390 e. The molecule has 2 aromatic rings. The molecule has 39 heavy (non-hydrogen) atoms. The molecule has 3 atom stereocenters. The maximum absolute atomic E-state index is 13.9. The number of hydrogen-bond donors (Lipinski definition) is 3. The topological polar surface area (TPSA) is 90.9 Å². The van der Waals surface area contributed by atoms with Crippen LogP contribution in [-0.4, -0.2) is 72.9 Å². The van der Waals surface area contributed by atoms with Crippen LogP contribution in [0.25, 0.3) is 0 Å². The standard InChI is InChI=1S/C30H41F2N3O4/c1-4-8-35(9-5-2)30(38)23-12-20(3)11-22(16-23)29(37)34-27(15-21-13-24(31)17-25(32)14-21)28(36)19-33-18-26-7-6-10-39-26/h11-14,16-17,26-28,33,36H,4-10,15,18-19H2,1-3H3,(H,34,37)/t26?,27-,28+/m0/s1. The van der Waals surface area contributed by atoms with Gasteiger partial charge in [-0.15, -0.1) is 0 Å². The van der Waals surface area contributed by atoms with Gasteiger partial charge in [-0.3, -0.25) is 9.59 Å². The van der Waals surface area contributed by atoms with Crippen molar-refractivity contribution in [1.29, 1.82) is 0 Å². The molecule has 0 saturated carbocycles. The fourth-order valence-corrected chi connectivity index (χ4v) is 4.93. The summed E-state index contributed by atoms with van der Waals surface area (Å²) in [7, 11) is 0. The summed E-state index contributed by atoms with van der Waals surface area (Å²) in [6.07, 6.45) is 2.63. The van der Waals surface area contributed by atoms with Crippen LogP contribution < -0.4 is 10.6 Å². The number of carbonyl (C=O) groups excluding carboxylic acids is 2. The third-order valence-corrected chi connectivity index (χ3v) is 6.77. The van der Waals surface area contributed by atoms with Gasteiger partial charge in [-0.2, -0.15) is 0 Å². The van der Waals surface area contributed by atoms with Gasteiger partial charge in [0, 0.05) is 50.0 Å². The van der Waals surface area contributed by atoms with Crippen LogP contribution in [-0.2, 0) is 11.2 Å². The van der Waals surface area contributed by atoms with Crippen molar-refractivity contribution >= 4 is 11.8 Å². The number of carbonyl (C=O) groups is 2. The van der Waals surface area contributed by atoms with Crippen LogP contribution in [0.15, 0.2) is 36.4 Å². The molecule has 3 N–H and O–H groups in total. The van der Waals surface area contributed by atoms with Crippen molar-refractivity contribution in [3.8, 4) is 0 Å². The first-order valence-electron chi connectivity index (χ1n) is 13.9. The lowest BCUT2D eigenvalue weighted by Gasteiger charge is -2.26. The van der Waals surface area contributed by atoms with Gasteiger partial charge in [0.2, 0.25) is 0 Å². The monoisotopic (exact) mass is 545 g/mol. The van der Waals surface area contributed by atoms with Gasteiger partial charge in [0.25, 0.3) is 11.8 Å². The summed E-state index contributed by atoms with van der Waals surface area (Å²) in [5.41, 5.74) is 1.76. The predicted molar refractivity (Wildman–Crippen MR) is 147 cm³/mol. The molecule has 0 radical (unpaired) electrons. The van der Waals surface area contributed by atoms with Gasteiger partial charge in [-0.05, 0) is 80.5 Å². The first-order chi connectivity index (χ1) is 18.7. The Bertz CT molecular complexity index is 1080. The molecule has 1 heterocycles. The van der Waals surface area contributed by atoms with E-state index in [2.05, 4.69) is 10.6 Å². The molecule has 0 bridgehead atoms. The van der Waals surface area contributed by atoms with E-state index in [1.165, 1.54) is 12.1 Å². The summed E-state index contributed by atoms with van der Waals surface area (Å²) < 4.78 is 33.3. The van der Waals surface area contributed by atoms with Crippen LogP contribution in [0.3, 0.4) is 0 Å². The SMILES string of the molecule is CCCN(CCC)C(=O)c1cc(C)cc(C(=O)N[C@@H](Cc2cc(F)cc(F)c2)[C@H](O)CNCC2CCCO2)c1. The van der Waals surface area contributed by atoms with E-state index in [0.717, 1.165) is 37.3 Å². The highest BCUT2D eigenvalue weighted by Crippen LogP contribution is 2.16. The number of nitrogens with zero attached hydrogens (tertiary/aromatic N) is 1. The van der Waals surface area contributed by atoms with E-state index in [4.69, 9.17) is 4.74 Å². The summed E-state index contributed by atoms with van der Waals surface area (Å²) in [4.78, 5) is 28.3. The molecule has 9 heteroatoms. The first kappa shape index (κ1) is 30.7. The molecule has 0 aromatic heterocycles. The van der Waals surface area contributed by atoms with Crippen molar-refractivity contribution in [2.75, 3.05) is 32.8 Å². The van der Waals surface area contributed by atoms with E-state index in [9.17, 15) is 23.5 Å². The highest BCUT2D eigenvalue weighted by molar-refractivity contribution is 6.00. The number of ether oxygens (including phenoxy) is 1. The Morgan fingerprint density at radius 2 is 1.72 bits per heavy atom. The average Bonchev–Trinajstić information content (AvgIpc) is 3.40. The fourth-order valence-electron chi connectivity index (χ4n) is 4.93.